The highest BCUT2D eigenvalue weighted by Crippen LogP contribution is 2.49. The van der Waals surface area contributed by atoms with Crippen molar-refractivity contribution < 1.29 is 28.2 Å². The number of halogens is 5. The molecule has 0 bridgehead atoms. The van der Waals surface area contributed by atoms with E-state index in [2.05, 4.69) is 0 Å². The molecule has 1 aromatic heterocycles. The summed E-state index contributed by atoms with van der Waals surface area (Å²) in [5.41, 5.74) is -3.41. The van der Waals surface area contributed by atoms with Crippen molar-refractivity contribution in [1.29, 1.82) is 0 Å². The van der Waals surface area contributed by atoms with Crippen LogP contribution in [0.15, 0.2) is 59.5 Å². The predicted molar refractivity (Wildman–Crippen MR) is 119 cm³/mol. The third-order valence-electron chi connectivity index (χ3n) is 5.58. The van der Waals surface area contributed by atoms with Gasteiger partial charge >= 0.3 is 12.1 Å². The molecule has 0 fully saturated rings. The number of pyridine rings is 1. The van der Waals surface area contributed by atoms with Gasteiger partial charge in [0.25, 0.3) is 0 Å². The molecular formula is C23H18Cl2F3NO4. The van der Waals surface area contributed by atoms with E-state index in [1.807, 2.05) is 0 Å². The molecule has 2 unspecified atom stereocenters. The molecule has 0 aliphatic rings. The van der Waals surface area contributed by atoms with E-state index in [0.29, 0.717) is 11.1 Å². The normalized spacial score (nSPS) is 14.5. The number of hydrogen-bond acceptors (Lipinski definition) is 3. The molecule has 0 radical (unpaired) electrons. The number of carboxylic acid groups (broad SMARTS) is 1. The molecule has 3 rings (SSSR count). The minimum Gasteiger partial charge on any atom is -0.478 e. The lowest BCUT2D eigenvalue weighted by molar-refractivity contribution is -0.274. The van der Waals surface area contributed by atoms with Crippen LogP contribution in [-0.4, -0.2) is 26.9 Å². The van der Waals surface area contributed by atoms with Crippen molar-refractivity contribution in [3.05, 3.63) is 91.8 Å². The summed E-state index contributed by atoms with van der Waals surface area (Å²) < 4.78 is 43.4. The first-order valence-corrected chi connectivity index (χ1v) is 10.3. The number of carbonyl (C=O) groups is 1. The second-order valence-corrected chi connectivity index (χ2v) is 8.40. The molecule has 0 spiro atoms. The van der Waals surface area contributed by atoms with Gasteiger partial charge in [0.15, 0.2) is 5.60 Å². The summed E-state index contributed by atoms with van der Waals surface area (Å²) in [4.78, 5) is 22.8. The molecule has 0 aliphatic carbocycles. The number of carboxylic acids is 1. The minimum absolute atomic E-state index is 0.00490. The van der Waals surface area contributed by atoms with Gasteiger partial charge < -0.3 is 14.8 Å². The molecule has 1 heterocycles. The fourth-order valence-electron chi connectivity index (χ4n) is 3.63. The number of benzene rings is 2. The van der Waals surface area contributed by atoms with Crippen LogP contribution in [0.4, 0.5) is 13.2 Å². The summed E-state index contributed by atoms with van der Waals surface area (Å²) in [5.74, 6) is -2.73. The van der Waals surface area contributed by atoms with Crippen molar-refractivity contribution in [3.63, 3.8) is 0 Å². The quantitative estimate of drug-likeness (QED) is 0.478. The Bertz CT molecular complexity index is 1290. The number of alkyl halides is 3. The van der Waals surface area contributed by atoms with Gasteiger partial charge in [0.05, 0.1) is 10.6 Å². The molecule has 2 atom stereocenters. The molecule has 33 heavy (non-hydrogen) atoms. The topological polar surface area (TPSA) is 79.5 Å². The third-order valence-corrected chi connectivity index (χ3v) is 6.22. The first kappa shape index (κ1) is 24.8. The van der Waals surface area contributed by atoms with Gasteiger partial charge in [-0.2, -0.15) is 13.2 Å². The lowest BCUT2D eigenvalue weighted by atomic mass is 9.78. The molecule has 3 aromatic rings. The third kappa shape index (κ3) is 4.51. The minimum atomic E-state index is -5.08. The number of rotatable bonds is 5. The van der Waals surface area contributed by atoms with Crippen molar-refractivity contribution in [2.75, 3.05) is 0 Å². The molecule has 2 aromatic carbocycles. The van der Waals surface area contributed by atoms with Gasteiger partial charge in [0, 0.05) is 35.8 Å². The highest BCUT2D eigenvalue weighted by atomic mass is 35.5. The van der Waals surface area contributed by atoms with Crippen LogP contribution in [0.1, 0.15) is 34.3 Å². The van der Waals surface area contributed by atoms with Gasteiger partial charge in [0.1, 0.15) is 0 Å². The average molecular weight is 500 g/mol. The Morgan fingerprint density at radius 2 is 1.58 bits per heavy atom. The van der Waals surface area contributed by atoms with Crippen LogP contribution in [0.3, 0.4) is 0 Å². The van der Waals surface area contributed by atoms with Crippen LogP contribution < -0.4 is 5.56 Å². The molecular weight excluding hydrogens is 482 g/mol. The van der Waals surface area contributed by atoms with Crippen molar-refractivity contribution in [2.24, 2.45) is 7.05 Å². The van der Waals surface area contributed by atoms with E-state index in [1.165, 1.54) is 50.4 Å². The zero-order valence-electron chi connectivity index (χ0n) is 17.3. The van der Waals surface area contributed by atoms with E-state index in [9.17, 15) is 27.9 Å². The summed E-state index contributed by atoms with van der Waals surface area (Å²) in [6.45, 7) is 1.19. The predicted octanol–water partition coefficient (Wildman–Crippen LogP) is 5.61. The maximum Gasteiger partial charge on any atom is 0.422 e. The molecule has 174 valence electrons. The van der Waals surface area contributed by atoms with Gasteiger partial charge in [0.2, 0.25) is 5.56 Å². The van der Waals surface area contributed by atoms with Crippen LogP contribution in [-0.2, 0) is 12.6 Å². The zero-order valence-corrected chi connectivity index (χ0v) is 18.8. The largest absolute Gasteiger partial charge is 0.478 e. The van der Waals surface area contributed by atoms with E-state index in [-0.39, 0.29) is 21.2 Å². The smallest absolute Gasteiger partial charge is 0.422 e. The van der Waals surface area contributed by atoms with Crippen LogP contribution in [0.2, 0.25) is 10.0 Å². The van der Waals surface area contributed by atoms with Crippen LogP contribution >= 0.6 is 23.2 Å². The van der Waals surface area contributed by atoms with Crippen LogP contribution in [0.5, 0.6) is 0 Å². The summed E-state index contributed by atoms with van der Waals surface area (Å²) in [6, 6.07) is 10.4. The molecule has 2 N–H and O–H groups in total. The summed E-state index contributed by atoms with van der Waals surface area (Å²) in [7, 11) is 1.29. The average Bonchev–Trinajstić information content (AvgIpc) is 2.73. The van der Waals surface area contributed by atoms with Crippen LogP contribution in [0, 0.1) is 0 Å². The number of nitrogens with zero attached hydrogens (tertiary/aromatic N) is 1. The monoisotopic (exact) mass is 499 g/mol. The second kappa shape index (κ2) is 8.85. The first-order chi connectivity index (χ1) is 15.3. The Hall–Kier alpha value is -2.81. The maximum atomic E-state index is 14.1. The highest BCUT2D eigenvalue weighted by molar-refractivity contribution is 6.34. The Labute approximate surface area is 196 Å². The zero-order chi connectivity index (χ0) is 24.7. The van der Waals surface area contributed by atoms with Gasteiger partial charge in [-0.25, -0.2) is 4.79 Å². The standard InChI is InChI=1S/C23H18Cl2F3NO4/c1-12(22(33,23(26,27)28)15-5-8-20(30)29(2)11-15)16-6-3-13(9-18(16)24)14-4-7-17(21(31)32)19(25)10-14/h3-12,33H,1-2H3,(H,31,32). The second-order valence-electron chi connectivity index (χ2n) is 7.59. The van der Waals surface area contributed by atoms with E-state index >= 15 is 0 Å². The fourth-order valence-corrected chi connectivity index (χ4v) is 4.24. The summed E-state index contributed by atoms with van der Waals surface area (Å²) >= 11 is 12.3. The Balaban J connectivity index is 2.08. The van der Waals surface area contributed by atoms with Gasteiger partial charge in [-0.15, -0.1) is 0 Å². The highest BCUT2D eigenvalue weighted by Gasteiger charge is 2.59. The van der Waals surface area contributed by atoms with Crippen molar-refractivity contribution in [1.82, 2.24) is 4.57 Å². The van der Waals surface area contributed by atoms with Crippen LogP contribution in [0.25, 0.3) is 11.1 Å². The molecule has 0 saturated carbocycles. The molecule has 0 amide bonds. The number of aromatic nitrogens is 1. The molecule has 10 heteroatoms. The SMILES string of the molecule is CC(c1ccc(-c2ccc(C(=O)O)c(Cl)c2)cc1Cl)C(O)(c1ccc(=O)n(C)c1)C(F)(F)F. The maximum absolute atomic E-state index is 14.1. The molecule has 5 nitrogen and oxygen atoms in total. The first-order valence-electron chi connectivity index (χ1n) is 9.56. The van der Waals surface area contributed by atoms with Crippen molar-refractivity contribution in [2.45, 2.75) is 24.6 Å². The van der Waals surface area contributed by atoms with Gasteiger partial charge in [-0.05, 0) is 41.0 Å². The Kier molecular flexibility index (Phi) is 6.66. The van der Waals surface area contributed by atoms with Crippen molar-refractivity contribution in [3.8, 4) is 11.1 Å². The lowest BCUT2D eigenvalue weighted by Crippen LogP contribution is -2.47. The number of aryl methyl sites for hydroxylation is 1. The molecule has 0 saturated heterocycles. The Morgan fingerprint density at radius 1 is 1.00 bits per heavy atom. The molecule has 0 aliphatic heterocycles. The number of aromatic carboxylic acids is 1. The fraction of sp³-hybridized carbons (Fsp3) is 0.217. The van der Waals surface area contributed by atoms with Crippen molar-refractivity contribution >= 4 is 29.2 Å². The number of hydrogen-bond donors (Lipinski definition) is 2. The lowest BCUT2D eigenvalue weighted by Gasteiger charge is -2.37. The number of aliphatic hydroxyl groups is 1. The van der Waals surface area contributed by atoms with E-state index < -0.39 is 34.8 Å². The summed E-state index contributed by atoms with van der Waals surface area (Å²) in [6.07, 6.45) is -4.13. The van der Waals surface area contributed by atoms with Gasteiger partial charge in [-0.3, -0.25) is 4.79 Å². The summed E-state index contributed by atoms with van der Waals surface area (Å²) in [5, 5.41) is 20.0. The van der Waals surface area contributed by atoms with E-state index in [0.717, 1.165) is 22.9 Å². The van der Waals surface area contributed by atoms with E-state index in [1.54, 1.807) is 0 Å². The van der Waals surface area contributed by atoms with Gasteiger partial charge in [-0.1, -0.05) is 48.3 Å². The van der Waals surface area contributed by atoms with E-state index in [4.69, 9.17) is 28.3 Å². The Morgan fingerprint density at radius 3 is 2.06 bits per heavy atom.